The molecule has 1 saturated carbocycles. The molecule has 0 spiro atoms. The number of carboxylic acid groups (broad SMARTS) is 1. The van der Waals surface area contributed by atoms with Crippen molar-refractivity contribution in [1.82, 2.24) is 4.90 Å². The van der Waals surface area contributed by atoms with Gasteiger partial charge in [0.1, 0.15) is 0 Å². The Bertz CT molecular complexity index is 594. The largest absolute Gasteiger partial charge is 0.478 e. The van der Waals surface area contributed by atoms with E-state index in [1.54, 1.807) is 23.1 Å². The Hall–Kier alpha value is -2.10. The summed E-state index contributed by atoms with van der Waals surface area (Å²) in [5.41, 5.74) is 1.98. The Balaban J connectivity index is 2.19. The van der Waals surface area contributed by atoms with Gasteiger partial charge in [0.15, 0.2) is 0 Å². The van der Waals surface area contributed by atoms with E-state index in [1.165, 1.54) is 6.42 Å². The number of nitrogens with zero attached hydrogens (tertiary/aromatic N) is 1. The molecule has 1 aromatic carbocycles. The Morgan fingerprint density at radius 3 is 2.17 bits per heavy atom. The van der Waals surface area contributed by atoms with Crippen molar-refractivity contribution in [3.8, 4) is 0 Å². The van der Waals surface area contributed by atoms with E-state index in [4.69, 9.17) is 0 Å². The van der Waals surface area contributed by atoms with Gasteiger partial charge in [0.2, 0.25) is 0 Å². The number of hydrogen-bond acceptors (Lipinski definition) is 2. The van der Waals surface area contributed by atoms with Gasteiger partial charge in [-0.1, -0.05) is 31.4 Å². The molecule has 24 heavy (non-hydrogen) atoms. The number of rotatable bonds is 6. The first-order valence-corrected chi connectivity index (χ1v) is 8.91. The summed E-state index contributed by atoms with van der Waals surface area (Å²) in [4.78, 5) is 25.7. The highest BCUT2D eigenvalue weighted by molar-refractivity contribution is 5.95. The zero-order valence-corrected chi connectivity index (χ0v) is 14.6. The van der Waals surface area contributed by atoms with Gasteiger partial charge in [-0.2, -0.15) is 0 Å². The normalized spacial score (nSPS) is 16.0. The third kappa shape index (κ3) is 4.47. The molecule has 4 nitrogen and oxygen atoms in total. The van der Waals surface area contributed by atoms with E-state index in [1.807, 2.05) is 26.0 Å². The Morgan fingerprint density at radius 1 is 1.08 bits per heavy atom. The highest BCUT2D eigenvalue weighted by Gasteiger charge is 2.22. The first-order chi connectivity index (χ1) is 11.6. The fraction of sp³-hybridized carbons (Fsp3) is 0.500. The van der Waals surface area contributed by atoms with Gasteiger partial charge in [-0.15, -0.1) is 0 Å². The Morgan fingerprint density at radius 2 is 1.67 bits per heavy atom. The molecule has 0 aliphatic heterocycles. The molecule has 130 valence electrons. The minimum Gasteiger partial charge on any atom is -0.478 e. The summed E-state index contributed by atoms with van der Waals surface area (Å²) in [6.45, 7) is 5.29. The summed E-state index contributed by atoms with van der Waals surface area (Å²) >= 11 is 0. The van der Waals surface area contributed by atoms with Gasteiger partial charge in [-0.3, -0.25) is 4.79 Å². The average Bonchev–Trinajstić information content (AvgIpc) is 2.61. The van der Waals surface area contributed by atoms with Crippen LogP contribution in [0.4, 0.5) is 0 Å². The van der Waals surface area contributed by atoms with Crippen LogP contribution >= 0.6 is 0 Å². The molecule has 0 heterocycles. The van der Waals surface area contributed by atoms with Crippen LogP contribution in [0.5, 0.6) is 0 Å². The standard InChI is InChI=1S/C20H27NO3/c1-3-21(4-2)19(22)17-12-10-15(11-13-17)14-18(20(23)24)16-8-6-5-7-9-16/h10-14,16H,3-9H2,1-2H3,(H,23,24)/b18-14+. The summed E-state index contributed by atoms with van der Waals surface area (Å²) < 4.78 is 0. The molecule has 1 aromatic rings. The van der Waals surface area contributed by atoms with Crippen LogP contribution in [-0.4, -0.2) is 35.0 Å². The topological polar surface area (TPSA) is 57.6 Å². The number of benzene rings is 1. The van der Waals surface area contributed by atoms with E-state index in [0.717, 1.165) is 31.2 Å². The molecular formula is C20H27NO3. The first-order valence-electron chi connectivity index (χ1n) is 8.91. The quantitative estimate of drug-likeness (QED) is 0.795. The second kappa shape index (κ2) is 8.67. The fourth-order valence-electron chi connectivity index (χ4n) is 3.36. The van der Waals surface area contributed by atoms with E-state index >= 15 is 0 Å². The van der Waals surface area contributed by atoms with Crippen molar-refractivity contribution in [2.45, 2.75) is 46.0 Å². The Kier molecular flexibility index (Phi) is 6.59. The van der Waals surface area contributed by atoms with Crippen LogP contribution in [0.15, 0.2) is 29.8 Å². The zero-order valence-electron chi connectivity index (χ0n) is 14.6. The second-order valence-electron chi connectivity index (χ2n) is 6.34. The fourth-order valence-corrected chi connectivity index (χ4v) is 3.36. The van der Waals surface area contributed by atoms with Gasteiger partial charge in [0.05, 0.1) is 0 Å². The average molecular weight is 329 g/mol. The number of hydrogen-bond donors (Lipinski definition) is 1. The highest BCUT2D eigenvalue weighted by atomic mass is 16.4. The monoisotopic (exact) mass is 329 g/mol. The lowest BCUT2D eigenvalue weighted by atomic mass is 9.83. The minimum absolute atomic E-state index is 0.0151. The minimum atomic E-state index is -0.829. The predicted molar refractivity (Wildman–Crippen MR) is 95.9 cm³/mol. The van der Waals surface area contributed by atoms with Crippen LogP contribution < -0.4 is 0 Å². The number of aliphatic carboxylic acids is 1. The zero-order chi connectivity index (χ0) is 17.5. The lowest BCUT2D eigenvalue weighted by molar-refractivity contribution is -0.133. The van der Waals surface area contributed by atoms with Crippen LogP contribution in [-0.2, 0) is 4.79 Å². The molecule has 0 unspecified atom stereocenters. The molecule has 0 saturated heterocycles. The maximum atomic E-state index is 12.3. The van der Waals surface area contributed by atoms with E-state index < -0.39 is 5.97 Å². The lowest BCUT2D eigenvalue weighted by Crippen LogP contribution is -2.30. The molecular weight excluding hydrogens is 302 g/mol. The van der Waals surface area contributed by atoms with Gasteiger partial charge in [-0.05, 0) is 56.4 Å². The van der Waals surface area contributed by atoms with Gasteiger partial charge in [0.25, 0.3) is 5.91 Å². The van der Waals surface area contributed by atoms with Gasteiger partial charge < -0.3 is 10.0 Å². The van der Waals surface area contributed by atoms with E-state index in [2.05, 4.69) is 0 Å². The van der Waals surface area contributed by atoms with Crippen LogP contribution in [0.3, 0.4) is 0 Å². The molecule has 1 N–H and O–H groups in total. The van der Waals surface area contributed by atoms with Crippen LogP contribution in [0, 0.1) is 5.92 Å². The molecule has 1 amide bonds. The second-order valence-corrected chi connectivity index (χ2v) is 6.34. The molecule has 0 atom stereocenters. The highest BCUT2D eigenvalue weighted by Crippen LogP contribution is 2.31. The number of carbonyl (C=O) groups excluding carboxylic acids is 1. The van der Waals surface area contributed by atoms with Crippen molar-refractivity contribution in [2.75, 3.05) is 13.1 Å². The maximum Gasteiger partial charge on any atom is 0.331 e. The molecule has 0 aromatic heterocycles. The summed E-state index contributed by atoms with van der Waals surface area (Å²) in [6.07, 6.45) is 7.09. The van der Waals surface area contributed by atoms with E-state index in [-0.39, 0.29) is 11.8 Å². The summed E-state index contributed by atoms with van der Waals surface area (Å²) in [6, 6.07) is 7.24. The third-order valence-corrected chi connectivity index (χ3v) is 4.82. The van der Waals surface area contributed by atoms with E-state index in [9.17, 15) is 14.7 Å². The summed E-state index contributed by atoms with van der Waals surface area (Å²) in [7, 11) is 0. The van der Waals surface area contributed by atoms with Gasteiger partial charge in [0, 0.05) is 24.2 Å². The van der Waals surface area contributed by atoms with Gasteiger partial charge >= 0.3 is 5.97 Å². The number of amides is 1. The SMILES string of the molecule is CCN(CC)C(=O)c1ccc(/C=C(/C(=O)O)C2CCCCC2)cc1. The van der Waals surface area contributed by atoms with Crippen molar-refractivity contribution >= 4 is 18.0 Å². The third-order valence-electron chi connectivity index (χ3n) is 4.82. The van der Waals surface area contributed by atoms with Crippen LogP contribution in [0.2, 0.25) is 0 Å². The van der Waals surface area contributed by atoms with Crippen molar-refractivity contribution in [3.05, 3.63) is 41.0 Å². The summed E-state index contributed by atoms with van der Waals surface area (Å²) in [5.74, 6) is -0.667. The molecule has 1 fully saturated rings. The predicted octanol–water partition coefficient (Wildman–Crippen LogP) is 4.22. The molecule has 1 aliphatic rings. The van der Waals surface area contributed by atoms with E-state index in [0.29, 0.717) is 24.2 Å². The van der Waals surface area contributed by atoms with Crippen molar-refractivity contribution in [3.63, 3.8) is 0 Å². The van der Waals surface area contributed by atoms with Crippen LogP contribution in [0.1, 0.15) is 61.9 Å². The molecule has 0 radical (unpaired) electrons. The summed E-state index contributed by atoms with van der Waals surface area (Å²) in [5, 5.41) is 9.54. The first kappa shape index (κ1) is 18.2. The molecule has 1 aliphatic carbocycles. The van der Waals surface area contributed by atoms with Gasteiger partial charge in [-0.25, -0.2) is 4.79 Å². The lowest BCUT2D eigenvalue weighted by Gasteiger charge is -2.22. The molecule has 2 rings (SSSR count). The smallest absolute Gasteiger partial charge is 0.331 e. The van der Waals surface area contributed by atoms with Crippen molar-refractivity contribution in [1.29, 1.82) is 0 Å². The molecule has 0 bridgehead atoms. The molecule has 4 heteroatoms. The maximum absolute atomic E-state index is 12.3. The Labute approximate surface area is 144 Å². The van der Waals surface area contributed by atoms with Crippen molar-refractivity contribution < 1.29 is 14.7 Å². The van der Waals surface area contributed by atoms with Crippen molar-refractivity contribution in [2.24, 2.45) is 5.92 Å². The van der Waals surface area contributed by atoms with Crippen LogP contribution in [0.25, 0.3) is 6.08 Å². The number of carbonyl (C=O) groups is 2. The number of carboxylic acids is 1.